The molecule has 2 saturated carbocycles. The molecular formula is C18H24O2. The van der Waals surface area contributed by atoms with Gasteiger partial charge < -0.3 is 10.2 Å². The highest BCUT2D eigenvalue weighted by Gasteiger charge is 2.54. The van der Waals surface area contributed by atoms with Crippen molar-refractivity contribution in [3.05, 3.63) is 29.3 Å². The molecule has 2 nitrogen and oxygen atoms in total. The van der Waals surface area contributed by atoms with Crippen LogP contribution in [0.1, 0.15) is 56.1 Å². The highest BCUT2D eigenvalue weighted by Crippen LogP contribution is 2.60. The molecular weight excluding hydrogens is 248 g/mol. The molecule has 3 aliphatic carbocycles. The Kier molecular flexibility index (Phi) is 2.69. The van der Waals surface area contributed by atoms with E-state index in [-0.39, 0.29) is 11.5 Å². The zero-order valence-electron chi connectivity index (χ0n) is 12.2. The molecule has 0 aliphatic heterocycles. The quantitative estimate of drug-likeness (QED) is 0.757. The number of phenolic OH excluding ortho intramolecular Hbond substituents is 1. The second-order valence-electron chi connectivity index (χ2n) is 7.44. The SMILES string of the molecule is C[C@@]12CC[C@H]3c4ccc(O)cc4CC[C@@H]3[C@@H]1CC[C@H]2O. The normalized spacial score (nSPS) is 42.7. The summed E-state index contributed by atoms with van der Waals surface area (Å²) in [4.78, 5) is 0. The molecule has 0 radical (unpaired) electrons. The highest BCUT2D eigenvalue weighted by molar-refractivity contribution is 5.40. The summed E-state index contributed by atoms with van der Waals surface area (Å²) in [5.41, 5.74) is 2.99. The van der Waals surface area contributed by atoms with E-state index >= 15 is 0 Å². The molecule has 20 heavy (non-hydrogen) atoms. The second-order valence-corrected chi connectivity index (χ2v) is 7.44. The number of aliphatic hydroxyl groups is 1. The second kappa shape index (κ2) is 4.24. The number of hydrogen-bond acceptors (Lipinski definition) is 2. The Balaban J connectivity index is 1.71. The van der Waals surface area contributed by atoms with Crippen LogP contribution in [0.3, 0.4) is 0 Å². The van der Waals surface area contributed by atoms with E-state index in [1.807, 2.05) is 12.1 Å². The van der Waals surface area contributed by atoms with Gasteiger partial charge in [0.15, 0.2) is 0 Å². The molecule has 4 rings (SSSR count). The average Bonchev–Trinajstić information content (AvgIpc) is 2.74. The molecule has 0 spiro atoms. The molecule has 108 valence electrons. The minimum Gasteiger partial charge on any atom is -0.508 e. The number of fused-ring (bicyclic) bond motifs is 5. The van der Waals surface area contributed by atoms with Crippen LogP contribution in [0.15, 0.2) is 18.2 Å². The fraction of sp³-hybridized carbons (Fsp3) is 0.667. The van der Waals surface area contributed by atoms with Crippen molar-refractivity contribution in [1.82, 2.24) is 0 Å². The van der Waals surface area contributed by atoms with Gasteiger partial charge in [-0.2, -0.15) is 0 Å². The van der Waals surface area contributed by atoms with Crippen LogP contribution < -0.4 is 0 Å². The van der Waals surface area contributed by atoms with Crippen molar-refractivity contribution < 1.29 is 10.2 Å². The molecule has 0 aromatic heterocycles. The maximum absolute atomic E-state index is 10.4. The van der Waals surface area contributed by atoms with Gasteiger partial charge in [-0.25, -0.2) is 0 Å². The van der Waals surface area contributed by atoms with Crippen molar-refractivity contribution in [2.45, 2.75) is 57.5 Å². The molecule has 3 aliphatic rings. The summed E-state index contributed by atoms with van der Waals surface area (Å²) >= 11 is 0. The molecule has 5 atom stereocenters. The van der Waals surface area contributed by atoms with Gasteiger partial charge in [-0.1, -0.05) is 13.0 Å². The van der Waals surface area contributed by atoms with Gasteiger partial charge in [-0.3, -0.25) is 0 Å². The van der Waals surface area contributed by atoms with Crippen molar-refractivity contribution in [2.75, 3.05) is 0 Å². The highest BCUT2D eigenvalue weighted by atomic mass is 16.3. The van der Waals surface area contributed by atoms with Crippen LogP contribution in [0.5, 0.6) is 5.75 Å². The first-order chi connectivity index (χ1) is 9.59. The van der Waals surface area contributed by atoms with E-state index in [1.165, 1.54) is 30.4 Å². The Hall–Kier alpha value is -1.02. The molecule has 0 heterocycles. The summed E-state index contributed by atoms with van der Waals surface area (Å²) in [6.45, 7) is 2.32. The van der Waals surface area contributed by atoms with Crippen molar-refractivity contribution >= 4 is 0 Å². The van der Waals surface area contributed by atoms with E-state index in [9.17, 15) is 10.2 Å². The van der Waals surface area contributed by atoms with E-state index < -0.39 is 0 Å². The van der Waals surface area contributed by atoms with Crippen molar-refractivity contribution in [1.29, 1.82) is 0 Å². The third kappa shape index (κ3) is 1.60. The molecule has 2 N–H and O–H groups in total. The number of phenols is 1. The fourth-order valence-electron chi connectivity index (χ4n) is 5.54. The third-order valence-corrected chi connectivity index (χ3v) is 6.66. The first-order valence-corrected chi connectivity index (χ1v) is 8.09. The number of hydrogen-bond donors (Lipinski definition) is 2. The number of aryl methyl sites for hydroxylation is 1. The van der Waals surface area contributed by atoms with Gasteiger partial charge in [-0.05, 0) is 85.0 Å². The van der Waals surface area contributed by atoms with Gasteiger partial charge in [0.05, 0.1) is 6.10 Å². The van der Waals surface area contributed by atoms with Gasteiger partial charge in [-0.15, -0.1) is 0 Å². The average molecular weight is 272 g/mol. The van der Waals surface area contributed by atoms with Crippen LogP contribution >= 0.6 is 0 Å². The van der Waals surface area contributed by atoms with Crippen LogP contribution in [0.2, 0.25) is 0 Å². The van der Waals surface area contributed by atoms with Crippen LogP contribution in [0.25, 0.3) is 0 Å². The Bertz CT molecular complexity index is 538. The lowest BCUT2D eigenvalue weighted by Gasteiger charge is -2.50. The van der Waals surface area contributed by atoms with Gasteiger partial charge in [0.1, 0.15) is 5.75 Å². The minimum absolute atomic E-state index is 0.0883. The maximum Gasteiger partial charge on any atom is 0.115 e. The summed E-state index contributed by atoms with van der Waals surface area (Å²) in [6, 6.07) is 5.96. The van der Waals surface area contributed by atoms with Crippen LogP contribution in [0, 0.1) is 17.3 Å². The van der Waals surface area contributed by atoms with Gasteiger partial charge in [0.2, 0.25) is 0 Å². The predicted molar refractivity (Wildman–Crippen MR) is 78.7 cm³/mol. The molecule has 0 amide bonds. The Morgan fingerprint density at radius 1 is 1.15 bits per heavy atom. The van der Waals surface area contributed by atoms with Crippen LogP contribution in [-0.2, 0) is 6.42 Å². The minimum atomic E-state index is -0.0883. The molecule has 0 unspecified atom stereocenters. The smallest absolute Gasteiger partial charge is 0.115 e. The summed E-state index contributed by atoms with van der Waals surface area (Å²) in [5, 5.41) is 20.0. The first-order valence-electron chi connectivity index (χ1n) is 8.09. The lowest BCUT2D eigenvalue weighted by atomic mass is 9.55. The molecule has 0 saturated heterocycles. The lowest BCUT2D eigenvalue weighted by Crippen LogP contribution is -2.43. The zero-order chi connectivity index (χ0) is 13.9. The number of aliphatic hydroxyl groups excluding tert-OH is 1. The molecule has 1 aromatic carbocycles. The van der Waals surface area contributed by atoms with Crippen molar-refractivity contribution in [2.24, 2.45) is 17.3 Å². The molecule has 0 bridgehead atoms. The summed E-state index contributed by atoms with van der Waals surface area (Å²) in [5.74, 6) is 2.49. The standard InChI is InChI=1S/C18H24O2/c1-18-9-8-14-13-5-3-12(19)10-11(13)2-4-15(14)16(18)6-7-17(18)20/h3,5,10,14-17,19-20H,2,4,6-9H2,1H3/t14-,15-,16-,17+,18+/m0/s1. The van der Waals surface area contributed by atoms with Gasteiger partial charge >= 0.3 is 0 Å². The molecule has 1 aromatic rings. The summed E-state index contributed by atoms with van der Waals surface area (Å²) in [6.07, 6.45) is 6.78. The summed E-state index contributed by atoms with van der Waals surface area (Å²) in [7, 11) is 0. The first kappa shape index (κ1) is 12.7. The monoisotopic (exact) mass is 272 g/mol. The Labute approximate surface area is 120 Å². The topological polar surface area (TPSA) is 40.5 Å². The van der Waals surface area contributed by atoms with E-state index in [0.717, 1.165) is 25.2 Å². The Morgan fingerprint density at radius 3 is 2.85 bits per heavy atom. The van der Waals surface area contributed by atoms with Gasteiger partial charge in [0, 0.05) is 0 Å². The predicted octanol–water partition coefficient (Wildman–Crippen LogP) is 3.61. The van der Waals surface area contributed by atoms with Crippen LogP contribution in [0.4, 0.5) is 0 Å². The maximum atomic E-state index is 10.4. The van der Waals surface area contributed by atoms with Crippen LogP contribution in [-0.4, -0.2) is 16.3 Å². The van der Waals surface area contributed by atoms with Gasteiger partial charge in [0.25, 0.3) is 0 Å². The van der Waals surface area contributed by atoms with E-state index in [0.29, 0.717) is 17.6 Å². The largest absolute Gasteiger partial charge is 0.508 e. The van der Waals surface area contributed by atoms with Crippen molar-refractivity contribution in [3.63, 3.8) is 0 Å². The number of benzene rings is 1. The molecule has 2 heteroatoms. The number of aromatic hydroxyl groups is 1. The lowest BCUT2D eigenvalue weighted by molar-refractivity contribution is -0.0226. The summed E-state index contributed by atoms with van der Waals surface area (Å²) < 4.78 is 0. The fourth-order valence-corrected chi connectivity index (χ4v) is 5.54. The van der Waals surface area contributed by atoms with E-state index in [1.54, 1.807) is 0 Å². The third-order valence-electron chi connectivity index (χ3n) is 6.66. The zero-order valence-corrected chi connectivity index (χ0v) is 12.2. The molecule has 2 fully saturated rings. The van der Waals surface area contributed by atoms with E-state index in [4.69, 9.17) is 0 Å². The number of rotatable bonds is 0. The Morgan fingerprint density at radius 2 is 2.00 bits per heavy atom. The van der Waals surface area contributed by atoms with E-state index in [2.05, 4.69) is 13.0 Å². The van der Waals surface area contributed by atoms with Crippen molar-refractivity contribution in [3.8, 4) is 5.75 Å².